The Bertz CT molecular complexity index is 776. The summed E-state index contributed by atoms with van der Waals surface area (Å²) in [6.45, 7) is 3.96. The van der Waals surface area contributed by atoms with Crippen molar-refractivity contribution < 1.29 is 9.26 Å². The molecule has 6 nitrogen and oxygen atoms in total. The molecule has 7 heteroatoms. The van der Waals surface area contributed by atoms with E-state index < -0.39 is 5.60 Å². The van der Waals surface area contributed by atoms with Gasteiger partial charge in [-0.15, -0.1) is 0 Å². The summed E-state index contributed by atoms with van der Waals surface area (Å²) in [5.74, 6) is 1.02. The number of aromatic nitrogens is 3. The van der Waals surface area contributed by atoms with E-state index in [1.54, 1.807) is 7.11 Å². The molecule has 0 saturated carbocycles. The summed E-state index contributed by atoms with van der Waals surface area (Å²) in [5.41, 5.74) is 6.89. The van der Waals surface area contributed by atoms with Gasteiger partial charge in [-0.05, 0) is 31.5 Å². The topological polar surface area (TPSA) is 87.1 Å². The maximum atomic E-state index is 5.72. The fourth-order valence-corrected chi connectivity index (χ4v) is 2.80. The molecule has 0 bridgehead atoms. The molecule has 2 N–H and O–H groups in total. The molecule has 2 aromatic heterocycles. The van der Waals surface area contributed by atoms with Crippen molar-refractivity contribution in [3.63, 3.8) is 0 Å². The zero-order valence-corrected chi connectivity index (χ0v) is 12.9. The standard InChI is InChI=1S/C14H16N4O2S/c1-4-14(2,19-3)12-17-11(20-18-12)8-5-6-9-10(7-8)21-13(15)16-9/h5-7H,4H2,1-3H3,(H2,15,16). The van der Waals surface area contributed by atoms with Crippen LogP contribution in [0.3, 0.4) is 0 Å². The van der Waals surface area contributed by atoms with Gasteiger partial charge in [-0.3, -0.25) is 0 Å². The smallest absolute Gasteiger partial charge is 0.258 e. The molecule has 0 spiro atoms. The van der Waals surface area contributed by atoms with Crippen LogP contribution in [0.15, 0.2) is 22.7 Å². The van der Waals surface area contributed by atoms with Crippen molar-refractivity contribution in [3.05, 3.63) is 24.0 Å². The Hall–Kier alpha value is -1.99. The molecule has 2 heterocycles. The lowest BCUT2D eigenvalue weighted by Crippen LogP contribution is -2.24. The SMILES string of the molecule is CCC(C)(OC)c1noc(-c2ccc3nc(N)sc3c2)n1. The summed E-state index contributed by atoms with van der Waals surface area (Å²) < 4.78 is 11.8. The van der Waals surface area contributed by atoms with E-state index in [2.05, 4.69) is 15.1 Å². The Morgan fingerprint density at radius 3 is 2.90 bits per heavy atom. The Morgan fingerprint density at radius 2 is 2.19 bits per heavy atom. The predicted molar refractivity (Wildman–Crippen MR) is 82.0 cm³/mol. The van der Waals surface area contributed by atoms with E-state index in [1.165, 1.54) is 11.3 Å². The van der Waals surface area contributed by atoms with Crippen LogP contribution in [0.5, 0.6) is 0 Å². The van der Waals surface area contributed by atoms with Crippen LogP contribution in [0.2, 0.25) is 0 Å². The van der Waals surface area contributed by atoms with E-state index in [0.29, 0.717) is 16.8 Å². The zero-order valence-electron chi connectivity index (χ0n) is 12.1. The number of nitrogen functional groups attached to an aromatic ring is 1. The molecular weight excluding hydrogens is 288 g/mol. The molecule has 0 fully saturated rings. The highest BCUT2D eigenvalue weighted by molar-refractivity contribution is 7.22. The quantitative estimate of drug-likeness (QED) is 0.796. The number of ether oxygens (including phenoxy) is 1. The Morgan fingerprint density at radius 1 is 1.38 bits per heavy atom. The maximum Gasteiger partial charge on any atom is 0.258 e. The fourth-order valence-electron chi connectivity index (χ4n) is 2.02. The average Bonchev–Trinajstić information content (AvgIpc) is 3.11. The summed E-state index contributed by atoms with van der Waals surface area (Å²) in [5, 5.41) is 4.59. The van der Waals surface area contributed by atoms with Gasteiger partial charge in [-0.2, -0.15) is 4.98 Å². The first-order chi connectivity index (χ1) is 10.1. The monoisotopic (exact) mass is 304 g/mol. The summed E-state index contributed by atoms with van der Waals surface area (Å²) >= 11 is 1.43. The van der Waals surface area contributed by atoms with Crippen LogP contribution < -0.4 is 5.73 Å². The molecule has 0 aliphatic carbocycles. The number of thiazole rings is 1. The van der Waals surface area contributed by atoms with Crippen LogP contribution in [0.1, 0.15) is 26.1 Å². The number of nitrogens with zero attached hydrogens (tertiary/aromatic N) is 3. The highest BCUT2D eigenvalue weighted by atomic mass is 32.1. The molecule has 3 rings (SSSR count). The average molecular weight is 304 g/mol. The fraction of sp³-hybridized carbons (Fsp3) is 0.357. The first-order valence-corrected chi connectivity index (χ1v) is 7.43. The second-order valence-electron chi connectivity index (χ2n) is 4.95. The van der Waals surface area contributed by atoms with Crippen LogP contribution in [-0.4, -0.2) is 22.2 Å². The molecule has 1 atom stereocenters. The van der Waals surface area contributed by atoms with Crippen LogP contribution in [-0.2, 0) is 10.3 Å². The summed E-state index contributed by atoms with van der Waals surface area (Å²) in [4.78, 5) is 8.69. The predicted octanol–water partition coefficient (Wildman–Crippen LogP) is 3.20. The lowest BCUT2D eigenvalue weighted by molar-refractivity contribution is -0.0106. The van der Waals surface area contributed by atoms with Gasteiger partial charge in [0.25, 0.3) is 5.89 Å². The van der Waals surface area contributed by atoms with Gasteiger partial charge in [0.2, 0.25) is 5.82 Å². The summed E-state index contributed by atoms with van der Waals surface area (Å²) in [7, 11) is 1.64. The highest BCUT2D eigenvalue weighted by Crippen LogP contribution is 2.31. The van der Waals surface area contributed by atoms with Crippen molar-refractivity contribution >= 4 is 26.7 Å². The maximum absolute atomic E-state index is 5.72. The third kappa shape index (κ3) is 2.38. The minimum absolute atomic E-state index is 0.468. The van der Waals surface area contributed by atoms with E-state index in [0.717, 1.165) is 22.2 Å². The van der Waals surface area contributed by atoms with Gasteiger partial charge in [-0.25, -0.2) is 4.98 Å². The third-order valence-electron chi connectivity index (χ3n) is 3.68. The van der Waals surface area contributed by atoms with Gasteiger partial charge < -0.3 is 15.0 Å². The van der Waals surface area contributed by atoms with Crippen LogP contribution in [0.25, 0.3) is 21.7 Å². The molecular formula is C14H16N4O2S. The summed E-state index contributed by atoms with van der Waals surface area (Å²) in [6, 6.07) is 5.75. The minimum atomic E-state index is -0.541. The number of hydrogen-bond donors (Lipinski definition) is 1. The van der Waals surface area contributed by atoms with E-state index in [-0.39, 0.29) is 0 Å². The van der Waals surface area contributed by atoms with Crippen molar-refractivity contribution in [3.8, 4) is 11.5 Å². The number of fused-ring (bicyclic) bond motifs is 1. The number of hydrogen-bond acceptors (Lipinski definition) is 7. The second-order valence-corrected chi connectivity index (χ2v) is 6.01. The Balaban J connectivity index is 2.01. The highest BCUT2D eigenvalue weighted by Gasteiger charge is 2.30. The lowest BCUT2D eigenvalue weighted by Gasteiger charge is -2.21. The van der Waals surface area contributed by atoms with E-state index in [4.69, 9.17) is 15.0 Å². The van der Waals surface area contributed by atoms with Gasteiger partial charge >= 0.3 is 0 Å². The van der Waals surface area contributed by atoms with Crippen molar-refractivity contribution in [2.75, 3.05) is 12.8 Å². The van der Waals surface area contributed by atoms with Crippen molar-refractivity contribution in [1.82, 2.24) is 15.1 Å². The number of rotatable bonds is 4. The molecule has 110 valence electrons. The Kier molecular flexibility index (Phi) is 3.38. The van der Waals surface area contributed by atoms with Crippen LogP contribution in [0.4, 0.5) is 5.13 Å². The number of anilines is 1. The molecule has 0 aliphatic heterocycles. The third-order valence-corrected chi connectivity index (χ3v) is 4.52. The largest absolute Gasteiger partial charge is 0.375 e. The van der Waals surface area contributed by atoms with Gasteiger partial charge in [-0.1, -0.05) is 23.4 Å². The Labute approximate surface area is 125 Å². The van der Waals surface area contributed by atoms with Crippen LogP contribution >= 0.6 is 11.3 Å². The van der Waals surface area contributed by atoms with Crippen molar-refractivity contribution in [2.45, 2.75) is 25.9 Å². The van der Waals surface area contributed by atoms with Gasteiger partial charge in [0.1, 0.15) is 5.60 Å². The molecule has 0 radical (unpaired) electrons. The molecule has 0 saturated heterocycles. The van der Waals surface area contributed by atoms with E-state index in [1.807, 2.05) is 32.0 Å². The zero-order chi connectivity index (χ0) is 15.0. The normalized spacial score (nSPS) is 14.4. The first-order valence-electron chi connectivity index (χ1n) is 6.61. The summed E-state index contributed by atoms with van der Waals surface area (Å²) in [6.07, 6.45) is 0.757. The molecule has 0 aliphatic rings. The van der Waals surface area contributed by atoms with Crippen LogP contribution in [0, 0.1) is 0 Å². The van der Waals surface area contributed by atoms with Gasteiger partial charge in [0, 0.05) is 12.7 Å². The second kappa shape index (κ2) is 5.09. The molecule has 1 unspecified atom stereocenters. The van der Waals surface area contributed by atoms with E-state index >= 15 is 0 Å². The molecule has 21 heavy (non-hydrogen) atoms. The number of methoxy groups -OCH3 is 1. The van der Waals surface area contributed by atoms with Crippen molar-refractivity contribution in [2.24, 2.45) is 0 Å². The van der Waals surface area contributed by atoms with E-state index in [9.17, 15) is 0 Å². The first kappa shape index (κ1) is 14.0. The molecule has 3 aromatic rings. The number of benzene rings is 1. The van der Waals surface area contributed by atoms with Gasteiger partial charge in [0.15, 0.2) is 5.13 Å². The molecule has 1 aromatic carbocycles. The lowest BCUT2D eigenvalue weighted by atomic mass is 10.0. The molecule has 0 amide bonds. The van der Waals surface area contributed by atoms with Crippen molar-refractivity contribution in [1.29, 1.82) is 0 Å². The van der Waals surface area contributed by atoms with Gasteiger partial charge in [0.05, 0.1) is 10.2 Å². The number of nitrogens with two attached hydrogens (primary N) is 1. The minimum Gasteiger partial charge on any atom is -0.375 e.